The average molecular weight is 303 g/mol. The number of carbonyl (C=O) groups is 1. The zero-order chi connectivity index (χ0) is 15.6. The van der Waals surface area contributed by atoms with Gasteiger partial charge in [0.15, 0.2) is 0 Å². The molecule has 0 radical (unpaired) electrons. The third-order valence-electron chi connectivity index (χ3n) is 4.02. The van der Waals surface area contributed by atoms with Crippen molar-refractivity contribution in [2.24, 2.45) is 17.1 Å². The molecule has 1 aliphatic rings. The van der Waals surface area contributed by atoms with Gasteiger partial charge < -0.3 is 5.73 Å². The summed E-state index contributed by atoms with van der Waals surface area (Å²) in [7, 11) is -3.03. The molecule has 0 aromatic heterocycles. The number of nitrogens with two attached hydrogens (primary N) is 1. The van der Waals surface area contributed by atoms with Gasteiger partial charge in [-0.25, -0.2) is 8.42 Å². The molecular weight excluding hydrogens is 274 g/mol. The second kappa shape index (κ2) is 6.56. The zero-order valence-corrected chi connectivity index (χ0v) is 14.0. The van der Waals surface area contributed by atoms with Crippen LogP contribution < -0.4 is 5.73 Å². The number of sulfone groups is 1. The third kappa shape index (κ3) is 5.92. The maximum Gasteiger partial charge on any atom is 0.150 e. The molecule has 5 heteroatoms. The van der Waals surface area contributed by atoms with Gasteiger partial charge in [-0.3, -0.25) is 4.79 Å². The van der Waals surface area contributed by atoms with Crippen LogP contribution in [0, 0.1) is 11.3 Å². The molecule has 0 spiro atoms. The molecule has 1 fully saturated rings. The fraction of sp³-hybridized carbons (Fsp3) is 0.933. The minimum Gasteiger partial charge on any atom is -0.327 e. The van der Waals surface area contributed by atoms with Gasteiger partial charge in [0.05, 0.1) is 5.25 Å². The van der Waals surface area contributed by atoms with E-state index in [1.807, 2.05) is 0 Å². The summed E-state index contributed by atoms with van der Waals surface area (Å²) in [5, 5.41) is -0.343. The van der Waals surface area contributed by atoms with Crippen molar-refractivity contribution in [2.75, 3.05) is 6.26 Å². The van der Waals surface area contributed by atoms with E-state index in [0.717, 1.165) is 19.3 Å². The number of Topliss-reactive ketones (excluding diaryl/α,β-unsaturated/α-hetero) is 1. The molecule has 0 bridgehead atoms. The van der Waals surface area contributed by atoms with Gasteiger partial charge in [-0.05, 0) is 31.1 Å². The first kappa shape index (κ1) is 17.6. The van der Waals surface area contributed by atoms with Crippen LogP contribution in [-0.2, 0) is 14.6 Å². The van der Waals surface area contributed by atoms with Gasteiger partial charge in [0, 0.05) is 24.6 Å². The van der Waals surface area contributed by atoms with E-state index < -0.39 is 9.84 Å². The zero-order valence-electron chi connectivity index (χ0n) is 13.2. The van der Waals surface area contributed by atoms with E-state index >= 15 is 0 Å². The number of carbonyl (C=O) groups excluding carboxylic acids is 1. The predicted octanol–water partition coefficient (Wildman–Crippen LogP) is 2.31. The Morgan fingerprint density at radius 2 is 1.90 bits per heavy atom. The summed E-state index contributed by atoms with van der Waals surface area (Å²) in [6, 6.07) is -0.124. The van der Waals surface area contributed by atoms with E-state index in [4.69, 9.17) is 5.73 Å². The lowest BCUT2D eigenvalue weighted by atomic mass is 9.81. The Kier molecular flexibility index (Phi) is 5.79. The van der Waals surface area contributed by atoms with E-state index in [1.54, 1.807) is 0 Å². The molecule has 4 nitrogen and oxygen atoms in total. The summed E-state index contributed by atoms with van der Waals surface area (Å²) >= 11 is 0. The van der Waals surface area contributed by atoms with Crippen molar-refractivity contribution >= 4 is 15.6 Å². The van der Waals surface area contributed by atoms with Gasteiger partial charge >= 0.3 is 0 Å². The Morgan fingerprint density at radius 3 is 2.40 bits per heavy atom. The van der Waals surface area contributed by atoms with Gasteiger partial charge in [-0.15, -0.1) is 0 Å². The van der Waals surface area contributed by atoms with E-state index in [0.29, 0.717) is 19.3 Å². The quantitative estimate of drug-likeness (QED) is 0.845. The maximum absolute atomic E-state index is 12.3. The third-order valence-corrected chi connectivity index (χ3v) is 5.66. The van der Waals surface area contributed by atoms with Crippen molar-refractivity contribution in [3.05, 3.63) is 0 Å². The standard InChI is InChI=1S/C15H29NO3S/c1-15(2,3)10-12(16)9-14(17)11-6-5-7-13(8-11)20(4,18)19/h11-13H,5-10,16H2,1-4H3. The molecule has 0 amide bonds. The summed E-state index contributed by atoms with van der Waals surface area (Å²) in [5.41, 5.74) is 6.16. The normalized spacial score (nSPS) is 26.2. The summed E-state index contributed by atoms with van der Waals surface area (Å²) in [5.74, 6) is 0.0320. The number of hydrogen-bond acceptors (Lipinski definition) is 4. The topological polar surface area (TPSA) is 77.2 Å². The molecular formula is C15H29NO3S. The number of rotatable bonds is 5. The van der Waals surface area contributed by atoms with Crippen molar-refractivity contribution in [3.8, 4) is 0 Å². The van der Waals surface area contributed by atoms with Crippen LogP contribution in [0.25, 0.3) is 0 Å². The summed E-state index contributed by atoms with van der Waals surface area (Å²) in [6.07, 6.45) is 5.27. The number of hydrogen-bond donors (Lipinski definition) is 1. The highest BCUT2D eigenvalue weighted by Crippen LogP contribution is 2.30. The molecule has 0 aromatic carbocycles. The van der Waals surface area contributed by atoms with Crippen molar-refractivity contribution in [2.45, 2.75) is 70.6 Å². The lowest BCUT2D eigenvalue weighted by molar-refractivity contribution is -0.124. The summed E-state index contributed by atoms with van der Waals surface area (Å²) in [6.45, 7) is 6.33. The van der Waals surface area contributed by atoms with Crippen LogP contribution in [0.4, 0.5) is 0 Å². The van der Waals surface area contributed by atoms with Crippen LogP contribution in [0.15, 0.2) is 0 Å². The minimum atomic E-state index is -3.03. The molecule has 1 rings (SSSR count). The fourth-order valence-corrected chi connectivity index (χ4v) is 4.29. The van der Waals surface area contributed by atoms with Crippen LogP contribution >= 0.6 is 0 Å². The van der Waals surface area contributed by atoms with Crippen LogP contribution in [0.2, 0.25) is 0 Å². The van der Waals surface area contributed by atoms with Crippen molar-refractivity contribution in [1.29, 1.82) is 0 Å². The van der Waals surface area contributed by atoms with Crippen LogP contribution in [-0.4, -0.2) is 31.7 Å². The Labute approximate surface area is 123 Å². The highest BCUT2D eigenvalue weighted by Gasteiger charge is 2.33. The van der Waals surface area contributed by atoms with Gasteiger partial charge in [-0.2, -0.15) is 0 Å². The van der Waals surface area contributed by atoms with Crippen molar-refractivity contribution < 1.29 is 13.2 Å². The molecule has 1 saturated carbocycles. The molecule has 3 unspecified atom stereocenters. The SMILES string of the molecule is CC(C)(C)CC(N)CC(=O)C1CCCC(S(C)(=O)=O)C1. The first-order chi connectivity index (χ1) is 8.99. The monoisotopic (exact) mass is 303 g/mol. The summed E-state index contributed by atoms with van der Waals surface area (Å²) in [4.78, 5) is 12.3. The van der Waals surface area contributed by atoms with E-state index in [1.165, 1.54) is 6.26 Å². The molecule has 0 heterocycles. The molecule has 2 N–H and O–H groups in total. The van der Waals surface area contributed by atoms with Crippen LogP contribution in [0.5, 0.6) is 0 Å². The van der Waals surface area contributed by atoms with Crippen molar-refractivity contribution in [3.63, 3.8) is 0 Å². The highest BCUT2D eigenvalue weighted by atomic mass is 32.2. The molecule has 0 aromatic rings. The lowest BCUT2D eigenvalue weighted by Crippen LogP contribution is -2.35. The van der Waals surface area contributed by atoms with E-state index in [2.05, 4.69) is 20.8 Å². The smallest absolute Gasteiger partial charge is 0.150 e. The van der Waals surface area contributed by atoms with E-state index in [9.17, 15) is 13.2 Å². The van der Waals surface area contributed by atoms with Gasteiger partial charge in [0.2, 0.25) is 0 Å². The fourth-order valence-electron chi connectivity index (χ4n) is 3.11. The first-order valence-electron chi connectivity index (χ1n) is 7.46. The lowest BCUT2D eigenvalue weighted by Gasteiger charge is -2.29. The second-order valence-electron chi connectivity index (χ2n) is 7.51. The molecule has 0 saturated heterocycles. The summed E-state index contributed by atoms with van der Waals surface area (Å²) < 4.78 is 23.3. The largest absolute Gasteiger partial charge is 0.327 e. The average Bonchev–Trinajstić information content (AvgIpc) is 2.25. The molecule has 0 aliphatic heterocycles. The van der Waals surface area contributed by atoms with Gasteiger partial charge in [0.1, 0.15) is 15.6 Å². The van der Waals surface area contributed by atoms with Crippen molar-refractivity contribution in [1.82, 2.24) is 0 Å². The van der Waals surface area contributed by atoms with E-state index in [-0.39, 0.29) is 28.4 Å². The van der Waals surface area contributed by atoms with Gasteiger partial charge in [-0.1, -0.05) is 27.2 Å². The van der Waals surface area contributed by atoms with Crippen LogP contribution in [0.3, 0.4) is 0 Å². The first-order valence-corrected chi connectivity index (χ1v) is 9.41. The molecule has 1 aliphatic carbocycles. The Morgan fingerprint density at radius 1 is 1.30 bits per heavy atom. The van der Waals surface area contributed by atoms with Crippen LogP contribution in [0.1, 0.15) is 59.3 Å². The Hall–Kier alpha value is -0.420. The molecule has 20 heavy (non-hydrogen) atoms. The second-order valence-corrected chi connectivity index (χ2v) is 9.84. The highest BCUT2D eigenvalue weighted by molar-refractivity contribution is 7.91. The molecule has 118 valence electrons. The Bertz CT molecular complexity index is 437. The number of ketones is 1. The van der Waals surface area contributed by atoms with Gasteiger partial charge in [0.25, 0.3) is 0 Å². The molecule has 3 atom stereocenters. The Balaban J connectivity index is 2.55. The minimum absolute atomic E-state index is 0.113. The predicted molar refractivity (Wildman–Crippen MR) is 82.3 cm³/mol. The maximum atomic E-state index is 12.3.